The van der Waals surface area contributed by atoms with Crippen LogP contribution in [0.4, 0.5) is 11.4 Å². The summed E-state index contributed by atoms with van der Waals surface area (Å²) in [5, 5.41) is 2.76. The first-order chi connectivity index (χ1) is 12.2. The van der Waals surface area contributed by atoms with Gasteiger partial charge in [-0.3, -0.25) is 9.10 Å². The van der Waals surface area contributed by atoms with Crippen LogP contribution in [0.15, 0.2) is 40.9 Å². The molecular weight excluding hydrogens is 424 g/mol. The summed E-state index contributed by atoms with van der Waals surface area (Å²) >= 11 is 3.36. The van der Waals surface area contributed by atoms with Crippen molar-refractivity contribution in [3.8, 4) is 11.5 Å². The zero-order chi connectivity index (χ0) is 19.5. The molecule has 0 heterocycles. The van der Waals surface area contributed by atoms with Crippen LogP contribution in [0.25, 0.3) is 0 Å². The van der Waals surface area contributed by atoms with Crippen LogP contribution in [-0.2, 0) is 10.0 Å². The molecule has 1 amide bonds. The van der Waals surface area contributed by atoms with Crippen molar-refractivity contribution in [2.45, 2.75) is 0 Å². The molecule has 0 fully saturated rings. The van der Waals surface area contributed by atoms with E-state index in [4.69, 9.17) is 9.47 Å². The van der Waals surface area contributed by atoms with Crippen molar-refractivity contribution in [1.82, 2.24) is 0 Å². The van der Waals surface area contributed by atoms with Crippen molar-refractivity contribution in [1.29, 1.82) is 0 Å². The van der Waals surface area contributed by atoms with Crippen LogP contribution in [-0.4, -0.2) is 41.8 Å². The largest absolute Gasteiger partial charge is 0.493 e. The summed E-state index contributed by atoms with van der Waals surface area (Å²) in [6.07, 6.45) is 1.05. The molecule has 2 aromatic carbocycles. The number of nitrogens with one attached hydrogen (secondary N) is 1. The molecule has 2 rings (SSSR count). The lowest BCUT2D eigenvalue weighted by atomic mass is 10.1. The lowest BCUT2D eigenvalue weighted by molar-refractivity contribution is 0.102. The molecule has 0 saturated heterocycles. The normalized spacial score (nSPS) is 11.0. The summed E-state index contributed by atoms with van der Waals surface area (Å²) in [5.41, 5.74) is 0.862. The first-order valence-electron chi connectivity index (χ1n) is 7.44. The van der Waals surface area contributed by atoms with Crippen molar-refractivity contribution in [2.75, 3.05) is 37.1 Å². The van der Waals surface area contributed by atoms with Gasteiger partial charge in [-0.15, -0.1) is 0 Å². The summed E-state index contributed by atoms with van der Waals surface area (Å²) in [7, 11) is 0.648. The average molecular weight is 443 g/mol. The molecule has 2 aromatic rings. The lowest BCUT2D eigenvalue weighted by Gasteiger charge is -2.22. The van der Waals surface area contributed by atoms with Crippen LogP contribution < -0.4 is 19.1 Å². The maximum atomic E-state index is 12.8. The number of hydrogen-bond acceptors (Lipinski definition) is 5. The summed E-state index contributed by atoms with van der Waals surface area (Å²) < 4.78 is 36.2. The number of methoxy groups -OCH3 is 2. The summed E-state index contributed by atoms with van der Waals surface area (Å²) in [6.45, 7) is 0. The van der Waals surface area contributed by atoms with E-state index in [9.17, 15) is 13.2 Å². The van der Waals surface area contributed by atoms with E-state index >= 15 is 0 Å². The van der Waals surface area contributed by atoms with E-state index in [0.29, 0.717) is 21.7 Å². The maximum absolute atomic E-state index is 12.8. The number of halogens is 1. The number of anilines is 2. The van der Waals surface area contributed by atoms with Gasteiger partial charge in [-0.05, 0) is 34.1 Å². The Morgan fingerprint density at radius 3 is 2.23 bits per heavy atom. The van der Waals surface area contributed by atoms with Gasteiger partial charge in [-0.25, -0.2) is 8.42 Å². The van der Waals surface area contributed by atoms with Gasteiger partial charge in [-0.1, -0.05) is 12.1 Å². The second kappa shape index (κ2) is 7.96. The number of carbonyl (C=O) groups excluding carboxylic acids is 1. The number of carbonyl (C=O) groups is 1. The monoisotopic (exact) mass is 442 g/mol. The highest BCUT2D eigenvalue weighted by Crippen LogP contribution is 2.36. The molecule has 0 aliphatic heterocycles. The molecule has 0 spiro atoms. The number of benzene rings is 2. The van der Waals surface area contributed by atoms with Crippen LogP contribution in [0.3, 0.4) is 0 Å². The molecule has 0 bridgehead atoms. The van der Waals surface area contributed by atoms with E-state index in [0.717, 1.165) is 10.6 Å². The smallest absolute Gasteiger partial charge is 0.257 e. The number of rotatable bonds is 6. The third-order valence-electron chi connectivity index (χ3n) is 3.71. The predicted octanol–water partition coefficient (Wildman–Crippen LogP) is 3.11. The number of sulfonamides is 1. The number of ether oxygens (including phenoxy) is 2. The van der Waals surface area contributed by atoms with Gasteiger partial charge >= 0.3 is 0 Å². The number of amides is 1. The second-order valence-corrected chi connectivity index (χ2v) is 8.26. The van der Waals surface area contributed by atoms with Crippen molar-refractivity contribution >= 4 is 43.2 Å². The predicted molar refractivity (Wildman–Crippen MR) is 105 cm³/mol. The zero-order valence-electron chi connectivity index (χ0n) is 14.7. The van der Waals surface area contributed by atoms with Gasteiger partial charge in [0.25, 0.3) is 5.91 Å². The van der Waals surface area contributed by atoms with Gasteiger partial charge < -0.3 is 14.8 Å². The van der Waals surface area contributed by atoms with Gasteiger partial charge in [-0.2, -0.15) is 0 Å². The first-order valence-corrected chi connectivity index (χ1v) is 10.1. The fraction of sp³-hybridized carbons (Fsp3) is 0.235. The summed E-state index contributed by atoms with van der Waals surface area (Å²) in [6, 6.07) is 10.0. The minimum absolute atomic E-state index is 0.131. The van der Waals surface area contributed by atoms with Gasteiger partial charge in [0.2, 0.25) is 10.0 Å². The second-order valence-electron chi connectivity index (χ2n) is 5.39. The molecule has 1 N–H and O–H groups in total. The van der Waals surface area contributed by atoms with E-state index in [1.54, 1.807) is 18.2 Å². The molecule has 0 radical (unpaired) electrons. The molecule has 7 nitrogen and oxygen atoms in total. The van der Waals surface area contributed by atoms with Gasteiger partial charge in [0.1, 0.15) is 0 Å². The van der Waals surface area contributed by atoms with Gasteiger partial charge in [0, 0.05) is 17.6 Å². The average Bonchev–Trinajstić information content (AvgIpc) is 2.60. The SMILES string of the molecule is COc1cc(C(=O)Nc2ccccc2Br)c(N(C)S(C)(=O)=O)cc1OC. The molecule has 0 aromatic heterocycles. The number of hydrogen-bond donors (Lipinski definition) is 1. The van der Waals surface area contributed by atoms with Crippen molar-refractivity contribution < 1.29 is 22.7 Å². The van der Waals surface area contributed by atoms with Crippen molar-refractivity contribution in [3.63, 3.8) is 0 Å². The fourth-order valence-electron chi connectivity index (χ4n) is 2.24. The van der Waals surface area contributed by atoms with E-state index in [1.807, 2.05) is 6.07 Å². The molecule has 9 heteroatoms. The van der Waals surface area contributed by atoms with Crippen molar-refractivity contribution in [2.24, 2.45) is 0 Å². The Morgan fingerprint density at radius 2 is 1.69 bits per heavy atom. The Labute approximate surface area is 161 Å². The minimum atomic E-state index is -3.59. The van der Waals surface area contributed by atoms with Crippen LogP contribution in [0.5, 0.6) is 11.5 Å². The highest BCUT2D eigenvalue weighted by atomic mass is 79.9. The van der Waals surface area contributed by atoms with E-state index < -0.39 is 15.9 Å². The highest BCUT2D eigenvalue weighted by Gasteiger charge is 2.24. The minimum Gasteiger partial charge on any atom is -0.493 e. The molecule has 140 valence electrons. The number of nitrogens with zero attached hydrogens (tertiary/aromatic N) is 1. The molecule has 0 saturated carbocycles. The van der Waals surface area contributed by atoms with Crippen LogP contribution >= 0.6 is 15.9 Å². The number of para-hydroxylation sites is 1. The maximum Gasteiger partial charge on any atom is 0.257 e. The third kappa shape index (κ3) is 4.28. The Hall–Kier alpha value is -2.26. The first kappa shape index (κ1) is 20.1. The van der Waals surface area contributed by atoms with Gasteiger partial charge in [0.15, 0.2) is 11.5 Å². The zero-order valence-corrected chi connectivity index (χ0v) is 17.1. The van der Waals surface area contributed by atoms with Crippen LogP contribution in [0.1, 0.15) is 10.4 Å². The Morgan fingerprint density at radius 1 is 1.12 bits per heavy atom. The van der Waals surface area contributed by atoms with E-state index in [-0.39, 0.29) is 11.3 Å². The standard InChI is InChI=1S/C17H19BrN2O5S/c1-20(26(4,22)23)14-10-16(25-3)15(24-2)9-11(14)17(21)19-13-8-6-5-7-12(13)18/h5-10H,1-4H3,(H,19,21). The van der Waals surface area contributed by atoms with E-state index in [1.165, 1.54) is 33.4 Å². The van der Waals surface area contributed by atoms with Crippen LogP contribution in [0.2, 0.25) is 0 Å². The molecule has 26 heavy (non-hydrogen) atoms. The molecule has 0 unspecified atom stereocenters. The topological polar surface area (TPSA) is 84.9 Å². The third-order valence-corrected chi connectivity index (χ3v) is 5.59. The summed E-state index contributed by atoms with van der Waals surface area (Å²) in [5.74, 6) is 0.147. The molecule has 0 atom stereocenters. The highest BCUT2D eigenvalue weighted by molar-refractivity contribution is 9.10. The Kier molecular flexibility index (Phi) is 6.14. The fourth-order valence-corrected chi connectivity index (χ4v) is 3.13. The van der Waals surface area contributed by atoms with E-state index in [2.05, 4.69) is 21.2 Å². The Balaban J connectivity index is 2.57. The molecule has 0 aliphatic rings. The van der Waals surface area contributed by atoms with Crippen molar-refractivity contribution in [3.05, 3.63) is 46.4 Å². The van der Waals surface area contributed by atoms with Crippen LogP contribution in [0, 0.1) is 0 Å². The molecular formula is C17H19BrN2O5S. The van der Waals surface area contributed by atoms with Gasteiger partial charge in [0.05, 0.1) is 37.4 Å². The lowest BCUT2D eigenvalue weighted by Crippen LogP contribution is -2.28. The summed E-state index contributed by atoms with van der Waals surface area (Å²) in [4.78, 5) is 12.8. The Bertz CT molecular complexity index is 931. The quantitative estimate of drug-likeness (QED) is 0.742. The molecule has 0 aliphatic carbocycles.